The van der Waals surface area contributed by atoms with Crippen molar-refractivity contribution in [3.8, 4) is 0 Å². The second kappa shape index (κ2) is 7.65. The van der Waals surface area contributed by atoms with Gasteiger partial charge in [-0.05, 0) is 51.2 Å². The van der Waals surface area contributed by atoms with E-state index in [-0.39, 0.29) is 36.1 Å². The summed E-state index contributed by atoms with van der Waals surface area (Å²) < 4.78 is 33.4. The van der Waals surface area contributed by atoms with E-state index in [4.69, 9.17) is 4.74 Å². The fourth-order valence-corrected chi connectivity index (χ4v) is 4.23. The summed E-state index contributed by atoms with van der Waals surface area (Å²) in [6, 6.07) is 6.90. The molecule has 2 aliphatic rings. The Bertz CT molecular complexity index is 897. The number of halogens is 2. The smallest absolute Gasteiger partial charge is 0.407 e. The van der Waals surface area contributed by atoms with E-state index in [0.29, 0.717) is 23.5 Å². The van der Waals surface area contributed by atoms with E-state index in [1.54, 1.807) is 12.1 Å². The fraction of sp³-hybridized carbons (Fsp3) is 0.524. The molecule has 4 rings (SSSR count). The molecule has 1 amide bonds. The van der Waals surface area contributed by atoms with Gasteiger partial charge in [0.25, 0.3) is 5.92 Å². The molecule has 1 aromatic carbocycles. The van der Waals surface area contributed by atoms with E-state index in [9.17, 15) is 13.6 Å². The van der Waals surface area contributed by atoms with Crippen molar-refractivity contribution >= 4 is 17.6 Å². The summed E-state index contributed by atoms with van der Waals surface area (Å²) in [6.07, 6.45) is 2.14. The number of hydrogen-bond acceptors (Lipinski definition) is 4. The van der Waals surface area contributed by atoms with Gasteiger partial charge in [-0.15, -0.1) is 0 Å². The molecule has 29 heavy (non-hydrogen) atoms. The first-order valence-corrected chi connectivity index (χ1v) is 10.1. The minimum absolute atomic E-state index is 0.0420. The van der Waals surface area contributed by atoms with Crippen LogP contribution < -0.4 is 10.6 Å². The average molecular weight is 404 g/mol. The van der Waals surface area contributed by atoms with Crippen LogP contribution in [0.3, 0.4) is 0 Å². The molecule has 156 valence electrons. The van der Waals surface area contributed by atoms with Crippen molar-refractivity contribution in [3.63, 3.8) is 0 Å². The first-order chi connectivity index (χ1) is 13.8. The summed E-state index contributed by atoms with van der Waals surface area (Å²) >= 11 is 0. The molecule has 0 radical (unpaired) electrons. The number of fused-ring (bicyclic) bond motifs is 1. The number of alkyl carbamates (subject to hydrolysis) is 1. The Morgan fingerprint density at radius 2 is 2.17 bits per heavy atom. The molecule has 1 unspecified atom stereocenters. The van der Waals surface area contributed by atoms with Crippen molar-refractivity contribution < 1.29 is 18.3 Å². The number of aromatic nitrogens is 2. The predicted octanol–water partition coefficient (Wildman–Crippen LogP) is 4.96. The number of hydrogen-bond donors (Lipinski definition) is 3. The number of H-pyrrole nitrogens is 1. The van der Waals surface area contributed by atoms with Gasteiger partial charge in [-0.2, -0.15) is 5.10 Å². The SMILES string of the molecule is CC(C)NC(=O)OC1CC[C@H](c2cc(Nc3cccc4c3CCC4(F)F)n[nH]2)C1. The van der Waals surface area contributed by atoms with Gasteiger partial charge in [-0.3, -0.25) is 5.10 Å². The van der Waals surface area contributed by atoms with Gasteiger partial charge in [0.1, 0.15) is 6.10 Å². The highest BCUT2D eigenvalue weighted by atomic mass is 19.3. The summed E-state index contributed by atoms with van der Waals surface area (Å²) in [5.74, 6) is -1.93. The van der Waals surface area contributed by atoms with Gasteiger partial charge in [0, 0.05) is 41.4 Å². The molecule has 2 atom stereocenters. The molecule has 1 heterocycles. The molecule has 1 fully saturated rings. The van der Waals surface area contributed by atoms with Crippen molar-refractivity contribution in [3.05, 3.63) is 41.1 Å². The Balaban J connectivity index is 1.39. The highest BCUT2D eigenvalue weighted by molar-refractivity contribution is 5.67. The maximum absolute atomic E-state index is 14.0. The minimum atomic E-state index is -2.76. The van der Waals surface area contributed by atoms with Crippen LogP contribution in [0.2, 0.25) is 0 Å². The zero-order valence-electron chi connectivity index (χ0n) is 16.6. The van der Waals surface area contributed by atoms with Crippen LogP contribution in [-0.2, 0) is 17.1 Å². The van der Waals surface area contributed by atoms with Gasteiger partial charge in [0.15, 0.2) is 5.82 Å². The highest BCUT2D eigenvalue weighted by Crippen LogP contribution is 2.44. The van der Waals surface area contributed by atoms with Crippen LogP contribution in [0.5, 0.6) is 0 Å². The number of alkyl halides is 2. The number of nitrogens with one attached hydrogen (secondary N) is 3. The first-order valence-electron chi connectivity index (χ1n) is 10.1. The Kier molecular flexibility index (Phi) is 5.19. The van der Waals surface area contributed by atoms with Gasteiger partial charge in [-0.25, -0.2) is 13.6 Å². The van der Waals surface area contributed by atoms with Gasteiger partial charge in [0.2, 0.25) is 0 Å². The largest absolute Gasteiger partial charge is 0.446 e. The molecule has 6 nitrogen and oxygen atoms in total. The summed E-state index contributed by atoms with van der Waals surface area (Å²) in [7, 11) is 0. The number of ether oxygens (including phenoxy) is 1. The molecule has 2 aromatic rings. The number of benzene rings is 1. The summed E-state index contributed by atoms with van der Waals surface area (Å²) in [6.45, 7) is 3.78. The van der Waals surface area contributed by atoms with Crippen LogP contribution in [0.4, 0.5) is 25.1 Å². The highest BCUT2D eigenvalue weighted by Gasteiger charge is 2.40. The van der Waals surface area contributed by atoms with E-state index in [1.807, 2.05) is 19.9 Å². The van der Waals surface area contributed by atoms with E-state index in [0.717, 1.165) is 25.0 Å². The van der Waals surface area contributed by atoms with E-state index in [2.05, 4.69) is 20.8 Å². The number of nitrogens with zero attached hydrogens (tertiary/aromatic N) is 1. The molecule has 0 saturated heterocycles. The molecule has 0 spiro atoms. The second-order valence-corrected chi connectivity index (χ2v) is 8.21. The topological polar surface area (TPSA) is 79.0 Å². The van der Waals surface area contributed by atoms with Crippen LogP contribution in [0.15, 0.2) is 24.3 Å². The zero-order valence-corrected chi connectivity index (χ0v) is 16.6. The molecule has 2 aliphatic carbocycles. The van der Waals surface area contributed by atoms with E-state index < -0.39 is 5.92 Å². The van der Waals surface area contributed by atoms with Crippen molar-refractivity contribution in [1.29, 1.82) is 0 Å². The monoisotopic (exact) mass is 404 g/mol. The molecular weight excluding hydrogens is 378 g/mol. The van der Waals surface area contributed by atoms with Crippen LogP contribution in [0, 0.1) is 0 Å². The van der Waals surface area contributed by atoms with Crippen LogP contribution in [0.1, 0.15) is 62.3 Å². The van der Waals surface area contributed by atoms with Gasteiger partial charge in [-0.1, -0.05) is 12.1 Å². The third-order valence-electron chi connectivity index (χ3n) is 5.62. The lowest BCUT2D eigenvalue weighted by molar-refractivity contribution is -0.00184. The maximum Gasteiger partial charge on any atom is 0.407 e. The van der Waals surface area contributed by atoms with Crippen molar-refractivity contribution in [2.45, 2.75) is 69.9 Å². The number of aromatic amines is 1. The molecule has 1 aromatic heterocycles. The number of rotatable bonds is 5. The third-order valence-corrected chi connectivity index (χ3v) is 5.62. The second-order valence-electron chi connectivity index (χ2n) is 8.21. The van der Waals surface area contributed by atoms with Crippen LogP contribution in [-0.4, -0.2) is 28.4 Å². The van der Waals surface area contributed by atoms with E-state index in [1.165, 1.54) is 6.07 Å². The summed E-state index contributed by atoms with van der Waals surface area (Å²) in [4.78, 5) is 11.8. The maximum atomic E-state index is 14.0. The van der Waals surface area contributed by atoms with Crippen LogP contribution >= 0.6 is 0 Å². The predicted molar refractivity (Wildman–Crippen MR) is 106 cm³/mol. The lowest BCUT2D eigenvalue weighted by Gasteiger charge is -2.14. The van der Waals surface area contributed by atoms with Gasteiger partial charge >= 0.3 is 6.09 Å². The van der Waals surface area contributed by atoms with Gasteiger partial charge < -0.3 is 15.4 Å². The Morgan fingerprint density at radius 3 is 2.97 bits per heavy atom. The Morgan fingerprint density at radius 1 is 1.34 bits per heavy atom. The molecular formula is C21H26F2N4O2. The molecule has 3 N–H and O–H groups in total. The number of carbonyl (C=O) groups excluding carboxylic acids is 1. The normalized spacial score (nSPS) is 22.5. The lowest BCUT2D eigenvalue weighted by Crippen LogP contribution is -2.33. The fourth-order valence-electron chi connectivity index (χ4n) is 4.23. The molecule has 0 bridgehead atoms. The number of anilines is 2. The van der Waals surface area contributed by atoms with E-state index >= 15 is 0 Å². The van der Waals surface area contributed by atoms with Crippen LogP contribution in [0.25, 0.3) is 0 Å². The molecule has 1 saturated carbocycles. The lowest BCUT2D eigenvalue weighted by atomic mass is 10.0. The average Bonchev–Trinajstić information content (AvgIpc) is 3.35. The van der Waals surface area contributed by atoms with Crippen molar-refractivity contribution in [2.75, 3.05) is 5.32 Å². The molecule has 0 aliphatic heterocycles. The number of amides is 1. The minimum Gasteiger partial charge on any atom is -0.446 e. The summed E-state index contributed by atoms with van der Waals surface area (Å²) in [5.41, 5.74) is 2.40. The third kappa shape index (κ3) is 4.21. The molecule has 8 heteroatoms. The summed E-state index contributed by atoms with van der Waals surface area (Å²) in [5, 5.41) is 13.3. The van der Waals surface area contributed by atoms with Gasteiger partial charge in [0.05, 0.1) is 0 Å². The standard InChI is InChI=1S/C21H26F2N4O2/c1-12(2)24-20(28)29-14-7-6-13(10-14)18-11-19(27-26-18)25-17-5-3-4-16-15(17)8-9-21(16,22)23/h3-5,11-14H,6-10H2,1-2H3,(H,24,28)(H2,25,26,27)/t13-,14?/m0/s1. The number of carbonyl (C=O) groups is 1. The quantitative estimate of drug-likeness (QED) is 0.658. The zero-order chi connectivity index (χ0) is 20.6. The van der Waals surface area contributed by atoms with Crippen molar-refractivity contribution in [1.82, 2.24) is 15.5 Å². The Hall–Kier alpha value is -2.64. The first kappa shape index (κ1) is 19.7. The Labute approximate surface area is 168 Å². The van der Waals surface area contributed by atoms with Crippen molar-refractivity contribution in [2.24, 2.45) is 0 Å².